The number of esters is 1. The molecule has 1 aliphatic rings. The Morgan fingerprint density at radius 1 is 0.978 bits per heavy atom. The molecule has 6 rings (SSSR count). The number of fused-ring (bicyclic) bond motifs is 1. The number of nitriles is 1. The van der Waals surface area contributed by atoms with E-state index in [4.69, 9.17) is 24.5 Å². The molecule has 1 fully saturated rings. The highest BCUT2D eigenvalue weighted by molar-refractivity contribution is 5.93. The second-order valence-corrected chi connectivity index (χ2v) is 11.0. The van der Waals surface area contributed by atoms with Crippen molar-refractivity contribution >= 4 is 17.0 Å². The minimum Gasteiger partial charge on any atom is -0.473 e. The molecule has 3 heterocycles. The number of nitrogens with one attached hydrogen (secondary N) is 1. The minimum atomic E-state index is -0.702. The maximum atomic E-state index is 15.6. The lowest BCUT2D eigenvalue weighted by Gasteiger charge is -2.41. The highest BCUT2D eigenvalue weighted by Gasteiger charge is 2.38. The fourth-order valence-corrected chi connectivity index (χ4v) is 5.36. The van der Waals surface area contributed by atoms with Gasteiger partial charge in [0.1, 0.15) is 35.5 Å². The second-order valence-electron chi connectivity index (χ2n) is 11.0. The van der Waals surface area contributed by atoms with Crippen molar-refractivity contribution in [3.05, 3.63) is 112 Å². The Balaban J connectivity index is 1.28. The zero-order chi connectivity index (χ0) is 32.4. The van der Waals surface area contributed by atoms with Crippen LogP contribution in [0, 0.1) is 28.8 Å². The van der Waals surface area contributed by atoms with Gasteiger partial charge in [0.25, 0.3) is 0 Å². The molecular weight excluding hydrogens is 599 g/mol. The van der Waals surface area contributed by atoms with E-state index < -0.39 is 29.0 Å². The molecule has 0 aliphatic carbocycles. The quantitative estimate of drug-likeness (QED) is 0.207. The SMILES string of the molecule is COC(=O)c1ccc2nc(Cc3cc(F)c(-c4cccc(OCc5ccc(C#N)cc5F)n4)cc3F)n(CC3(OC)CNC3)c2c1. The Morgan fingerprint density at radius 2 is 1.78 bits per heavy atom. The standard InChI is InChI=1S/C34H28F3N5O4/c1-44-33(43)21-8-9-29-30(12-21)42(19-34(45-2)17-39-18-34)31(40-29)13-23-11-27(37)24(14-26(23)36)28-4-3-5-32(41-28)46-16-22-7-6-20(15-38)10-25(22)35/h3-12,14,39H,13,16-19H2,1-2H3. The number of rotatable bonds is 10. The molecule has 1 saturated heterocycles. The van der Waals surface area contributed by atoms with E-state index >= 15 is 8.78 Å². The van der Waals surface area contributed by atoms with Crippen LogP contribution in [0.15, 0.2) is 66.7 Å². The Hall–Kier alpha value is -5.25. The summed E-state index contributed by atoms with van der Waals surface area (Å²) < 4.78 is 63.6. The smallest absolute Gasteiger partial charge is 0.337 e. The number of hydrogen-bond donors (Lipinski definition) is 1. The molecule has 1 aliphatic heterocycles. The number of benzene rings is 3. The van der Waals surface area contributed by atoms with Gasteiger partial charge in [-0.3, -0.25) is 0 Å². The highest BCUT2D eigenvalue weighted by atomic mass is 19.1. The monoisotopic (exact) mass is 627 g/mol. The summed E-state index contributed by atoms with van der Waals surface area (Å²) in [6.07, 6.45) is -0.0365. The van der Waals surface area contributed by atoms with Crippen molar-refractivity contribution in [1.82, 2.24) is 19.9 Å². The van der Waals surface area contributed by atoms with E-state index in [1.54, 1.807) is 31.4 Å². The molecule has 5 aromatic rings. The van der Waals surface area contributed by atoms with Gasteiger partial charge in [-0.15, -0.1) is 0 Å². The average molecular weight is 628 g/mol. The average Bonchev–Trinajstić information content (AvgIpc) is 3.38. The molecule has 12 heteroatoms. The lowest BCUT2D eigenvalue weighted by atomic mass is 9.96. The molecule has 0 unspecified atom stereocenters. The molecule has 46 heavy (non-hydrogen) atoms. The third-order valence-electron chi connectivity index (χ3n) is 8.06. The van der Waals surface area contributed by atoms with Gasteiger partial charge in [-0.25, -0.2) is 27.9 Å². The van der Waals surface area contributed by atoms with Crippen molar-refractivity contribution in [3.63, 3.8) is 0 Å². The van der Waals surface area contributed by atoms with Gasteiger partial charge >= 0.3 is 5.97 Å². The fourth-order valence-electron chi connectivity index (χ4n) is 5.36. The summed E-state index contributed by atoms with van der Waals surface area (Å²) >= 11 is 0. The van der Waals surface area contributed by atoms with Crippen molar-refractivity contribution < 1.29 is 32.2 Å². The maximum absolute atomic E-state index is 15.6. The summed E-state index contributed by atoms with van der Waals surface area (Å²) in [6, 6.07) is 17.7. The Kier molecular flexibility index (Phi) is 8.44. The third-order valence-corrected chi connectivity index (χ3v) is 8.06. The van der Waals surface area contributed by atoms with Gasteiger partial charge in [0.15, 0.2) is 0 Å². The predicted octanol–water partition coefficient (Wildman–Crippen LogP) is 5.33. The zero-order valence-corrected chi connectivity index (χ0v) is 24.9. The molecule has 234 valence electrons. The van der Waals surface area contributed by atoms with Crippen LogP contribution < -0.4 is 10.1 Å². The number of carbonyl (C=O) groups excluding carboxylic acids is 1. The molecule has 0 spiro atoms. The van der Waals surface area contributed by atoms with Crippen molar-refractivity contribution in [2.24, 2.45) is 0 Å². The Bertz CT molecular complexity index is 2000. The van der Waals surface area contributed by atoms with Crippen LogP contribution in [-0.2, 0) is 29.0 Å². The first-order valence-corrected chi connectivity index (χ1v) is 14.3. The van der Waals surface area contributed by atoms with Crippen molar-refractivity contribution in [3.8, 4) is 23.2 Å². The first-order chi connectivity index (χ1) is 22.2. The van der Waals surface area contributed by atoms with Gasteiger partial charge in [0.2, 0.25) is 5.88 Å². The van der Waals surface area contributed by atoms with Crippen molar-refractivity contribution in [2.45, 2.75) is 25.2 Å². The summed E-state index contributed by atoms with van der Waals surface area (Å²) in [5.74, 6) is -1.91. The summed E-state index contributed by atoms with van der Waals surface area (Å²) in [7, 11) is 2.92. The van der Waals surface area contributed by atoms with Gasteiger partial charge < -0.3 is 24.1 Å². The van der Waals surface area contributed by atoms with Crippen LogP contribution in [0.25, 0.3) is 22.3 Å². The fraction of sp³-hybridized carbons (Fsp3) is 0.235. The van der Waals surface area contributed by atoms with Gasteiger partial charge in [0, 0.05) is 43.8 Å². The van der Waals surface area contributed by atoms with E-state index in [1.165, 1.54) is 31.4 Å². The van der Waals surface area contributed by atoms with E-state index in [0.717, 1.165) is 18.2 Å². The number of nitrogens with zero attached hydrogens (tertiary/aromatic N) is 4. The number of hydrogen-bond acceptors (Lipinski definition) is 8. The van der Waals surface area contributed by atoms with Crippen LogP contribution in [0.4, 0.5) is 13.2 Å². The molecule has 1 N–H and O–H groups in total. The molecule has 0 amide bonds. The van der Waals surface area contributed by atoms with E-state index in [9.17, 15) is 9.18 Å². The van der Waals surface area contributed by atoms with Crippen molar-refractivity contribution in [2.75, 3.05) is 27.3 Å². The van der Waals surface area contributed by atoms with Gasteiger partial charge in [-0.05, 0) is 54.1 Å². The number of methoxy groups -OCH3 is 2. The zero-order valence-electron chi connectivity index (χ0n) is 24.9. The molecule has 0 bridgehead atoms. The minimum absolute atomic E-state index is 0.0365. The van der Waals surface area contributed by atoms with E-state index in [1.807, 2.05) is 10.6 Å². The predicted molar refractivity (Wildman–Crippen MR) is 162 cm³/mol. The maximum Gasteiger partial charge on any atom is 0.337 e. The highest BCUT2D eigenvalue weighted by Crippen LogP contribution is 2.30. The summed E-state index contributed by atoms with van der Waals surface area (Å²) in [5, 5.41) is 12.1. The number of pyridine rings is 1. The van der Waals surface area contributed by atoms with E-state index in [2.05, 4.69) is 10.3 Å². The number of carbonyl (C=O) groups is 1. The van der Waals surface area contributed by atoms with Crippen LogP contribution in [0.1, 0.15) is 32.9 Å². The second kappa shape index (κ2) is 12.6. The van der Waals surface area contributed by atoms with Crippen molar-refractivity contribution in [1.29, 1.82) is 5.26 Å². The summed E-state index contributed by atoms with van der Waals surface area (Å²) in [5.41, 5.74) is 1.56. The number of imidazole rings is 1. The summed E-state index contributed by atoms with van der Waals surface area (Å²) in [6.45, 7) is 1.38. The molecule has 0 atom stereocenters. The largest absolute Gasteiger partial charge is 0.473 e. The van der Waals surface area contributed by atoms with Crippen LogP contribution in [0.5, 0.6) is 5.88 Å². The first kappa shape index (κ1) is 30.8. The van der Waals surface area contributed by atoms with Gasteiger partial charge in [-0.1, -0.05) is 12.1 Å². The van der Waals surface area contributed by atoms with Crippen LogP contribution in [0.3, 0.4) is 0 Å². The topological polar surface area (TPSA) is 111 Å². The lowest BCUT2D eigenvalue weighted by Crippen LogP contribution is -2.62. The molecule has 0 saturated carbocycles. The molecule has 2 aromatic heterocycles. The lowest BCUT2D eigenvalue weighted by molar-refractivity contribution is -0.0629. The van der Waals surface area contributed by atoms with Gasteiger partial charge in [0.05, 0.1) is 47.6 Å². The van der Waals surface area contributed by atoms with E-state index in [-0.39, 0.29) is 46.9 Å². The normalized spacial score (nSPS) is 13.7. The number of ether oxygens (including phenoxy) is 3. The molecular formula is C34H28F3N5O4. The molecule has 3 aromatic carbocycles. The number of aromatic nitrogens is 3. The Labute approximate surface area is 262 Å². The van der Waals surface area contributed by atoms with Crippen LogP contribution in [0.2, 0.25) is 0 Å². The molecule has 0 radical (unpaired) electrons. The van der Waals surface area contributed by atoms with E-state index in [0.29, 0.717) is 42.1 Å². The first-order valence-electron chi connectivity index (χ1n) is 14.3. The van der Waals surface area contributed by atoms with Crippen LogP contribution in [-0.4, -0.2) is 53.4 Å². The molecule has 9 nitrogen and oxygen atoms in total. The van der Waals surface area contributed by atoms with Crippen LogP contribution >= 0.6 is 0 Å². The van der Waals surface area contributed by atoms with Gasteiger partial charge in [-0.2, -0.15) is 5.26 Å². The summed E-state index contributed by atoms with van der Waals surface area (Å²) in [4.78, 5) is 21.3. The third kappa shape index (κ3) is 6.02. The Morgan fingerprint density at radius 3 is 2.48 bits per heavy atom. The number of halogens is 3.